The van der Waals surface area contributed by atoms with Crippen LogP contribution in [-0.4, -0.2) is 23.5 Å². The normalized spacial score (nSPS) is 25.9. The molecule has 1 aromatic rings. The topological polar surface area (TPSA) is 62.7 Å². The van der Waals surface area contributed by atoms with Crippen molar-refractivity contribution in [3.05, 3.63) is 29.3 Å². The molecule has 5 heteroatoms. The Hall–Kier alpha value is -2.04. The van der Waals surface area contributed by atoms with E-state index in [1.165, 1.54) is 0 Å². The van der Waals surface area contributed by atoms with E-state index in [-0.39, 0.29) is 11.5 Å². The second-order valence-electron chi connectivity index (χ2n) is 6.66. The van der Waals surface area contributed by atoms with E-state index in [0.717, 1.165) is 36.1 Å². The zero-order valence-electron chi connectivity index (χ0n) is 12.3. The summed E-state index contributed by atoms with van der Waals surface area (Å²) in [6, 6.07) is 5.95. The molecule has 0 saturated heterocycles. The Kier molecular flexibility index (Phi) is 2.55. The molecule has 0 aromatic heterocycles. The molecule has 5 nitrogen and oxygen atoms in total. The van der Waals surface area contributed by atoms with E-state index >= 15 is 0 Å². The number of ether oxygens (including phenoxy) is 1. The van der Waals surface area contributed by atoms with Crippen molar-refractivity contribution in [2.24, 2.45) is 4.99 Å². The van der Waals surface area contributed by atoms with Crippen molar-refractivity contribution in [1.82, 2.24) is 10.6 Å². The predicted molar refractivity (Wildman–Crippen MR) is 79.3 cm³/mol. The van der Waals surface area contributed by atoms with Crippen LogP contribution in [0.15, 0.2) is 23.2 Å². The molecule has 21 heavy (non-hydrogen) atoms. The molecule has 1 amide bonds. The highest BCUT2D eigenvalue weighted by atomic mass is 16.5. The first-order chi connectivity index (χ1) is 10.0. The molecule has 0 radical (unpaired) electrons. The number of fused-ring (bicyclic) bond motifs is 1. The number of carbonyl (C=O) groups excluding carboxylic acids is 1. The van der Waals surface area contributed by atoms with Gasteiger partial charge in [0.05, 0.1) is 0 Å². The van der Waals surface area contributed by atoms with Crippen LogP contribution in [-0.2, 0) is 11.2 Å². The summed E-state index contributed by atoms with van der Waals surface area (Å²) in [7, 11) is 0. The highest BCUT2D eigenvalue weighted by Gasteiger charge is 2.37. The van der Waals surface area contributed by atoms with Gasteiger partial charge in [0.15, 0.2) is 12.0 Å². The third-order valence-corrected chi connectivity index (χ3v) is 4.08. The average Bonchev–Trinajstić information content (AvgIpc) is 3.05. The minimum atomic E-state index is -0.505. The molecule has 2 N–H and O–H groups in total. The Bertz CT molecular complexity index is 647. The van der Waals surface area contributed by atoms with Crippen molar-refractivity contribution < 1.29 is 9.53 Å². The van der Waals surface area contributed by atoms with Gasteiger partial charge in [-0.3, -0.25) is 10.1 Å². The maximum Gasteiger partial charge on any atom is 0.256 e. The van der Waals surface area contributed by atoms with Gasteiger partial charge in [0.2, 0.25) is 0 Å². The first-order valence-electron chi connectivity index (χ1n) is 7.48. The van der Waals surface area contributed by atoms with Crippen molar-refractivity contribution in [3.63, 3.8) is 0 Å². The van der Waals surface area contributed by atoms with Crippen molar-refractivity contribution >= 4 is 11.9 Å². The monoisotopic (exact) mass is 285 g/mol. The van der Waals surface area contributed by atoms with Crippen LogP contribution in [0.2, 0.25) is 0 Å². The van der Waals surface area contributed by atoms with Crippen LogP contribution in [0.3, 0.4) is 0 Å². The largest absolute Gasteiger partial charge is 0.487 e. The summed E-state index contributed by atoms with van der Waals surface area (Å²) in [5.74, 6) is 1.35. The number of nitrogens with one attached hydrogen (secondary N) is 2. The lowest BCUT2D eigenvalue weighted by Gasteiger charge is -2.18. The fourth-order valence-electron chi connectivity index (χ4n) is 2.96. The first kappa shape index (κ1) is 12.7. The number of benzene rings is 1. The zero-order valence-corrected chi connectivity index (χ0v) is 12.3. The van der Waals surface area contributed by atoms with Crippen LogP contribution in [0.25, 0.3) is 0 Å². The molecule has 1 aromatic carbocycles. The summed E-state index contributed by atoms with van der Waals surface area (Å²) in [6.07, 6.45) is 3.16. The van der Waals surface area contributed by atoms with Crippen molar-refractivity contribution in [3.8, 4) is 5.75 Å². The minimum Gasteiger partial charge on any atom is -0.487 e. The number of hydrogen-bond donors (Lipinski definition) is 2. The van der Waals surface area contributed by atoms with E-state index < -0.39 is 6.04 Å². The van der Waals surface area contributed by atoms with Gasteiger partial charge in [-0.15, -0.1) is 0 Å². The Labute approximate surface area is 123 Å². The SMILES string of the molecule is CC1(C)Cc2cccc(C3N=C(NC4CC4)NC3=O)c2O1. The molecule has 0 bridgehead atoms. The lowest BCUT2D eigenvalue weighted by Crippen LogP contribution is -2.37. The van der Waals surface area contributed by atoms with Crippen LogP contribution in [0.4, 0.5) is 0 Å². The molecule has 4 rings (SSSR count). The van der Waals surface area contributed by atoms with E-state index in [1.54, 1.807) is 0 Å². The summed E-state index contributed by atoms with van der Waals surface area (Å²) in [4.78, 5) is 16.7. The fourth-order valence-corrected chi connectivity index (χ4v) is 2.96. The summed E-state index contributed by atoms with van der Waals surface area (Å²) < 4.78 is 6.05. The molecule has 1 atom stereocenters. The van der Waals surface area contributed by atoms with E-state index in [1.807, 2.05) is 12.1 Å². The van der Waals surface area contributed by atoms with Crippen LogP contribution in [0.5, 0.6) is 5.75 Å². The van der Waals surface area contributed by atoms with Gasteiger partial charge in [-0.05, 0) is 32.3 Å². The first-order valence-corrected chi connectivity index (χ1v) is 7.48. The quantitative estimate of drug-likeness (QED) is 0.869. The van der Waals surface area contributed by atoms with E-state index in [0.29, 0.717) is 12.0 Å². The summed E-state index contributed by atoms with van der Waals surface area (Å²) in [6.45, 7) is 4.13. The number of nitrogens with zero attached hydrogens (tertiary/aromatic N) is 1. The van der Waals surface area contributed by atoms with Gasteiger partial charge in [-0.2, -0.15) is 0 Å². The molecule has 1 saturated carbocycles. The molecular weight excluding hydrogens is 266 g/mol. The van der Waals surface area contributed by atoms with Gasteiger partial charge in [0, 0.05) is 18.0 Å². The summed E-state index contributed by atoms with van der Waals surface area (Å²) >= 11 is 0. The standard InChI is InChI=1S/C16H19N3O2/c1-16(2)8-9-4-3-5-11(13(9)21-16)12-14(20)19-15(18-12)17-10-6-7-10/h3-5,10,12H,6-8H2,1-2H3,(H2,17,18,19,20). The van der Waals surface area contributed by atoms with Crippen molar-refractivity contribution in [1.29, 1.82) is 0 Å². The molecular formula is C16H19N3O2. The minimum absolute atomic E-state index is 0.0835. The third kappa shape index (κ3) is 2.26. The van der Waals surface area contributed by atoms with Gasteiger partial charge < -0.3 is 10.1 Å². The van der Waals surface area contributed by atoms with Crippen LogP contribution in [0.1, 0.15) is 43.9 Å². The van der Waals surface area contributed by atoms with Gasteiger partial charge in [0.25, 0.3) is 5.91 Å². The van der Waals surface area contributed by atoms with Gasteiger partial charge in [-0.25, -0.2) is 4.99 Å². The van der Waals surface area contributed by atoms with Crippen molar-refractivity contribution in [2.45, 2.75) is 50.8 Å². The predicted octanol–water partition coefficient (Wildman–Crippen LogP) is 1.68. The van der Waals surface area contributed by atoms with Crippen molar-refractivity contribution in [2.75, 3.05) is 0 Å². The number of para-hydroxylation sites is 1. The van der Waals surface area contributed by atoms with E-state index in [4.69, 9.17) is 4.74 Å². The molecule has 3 aliphatic rings. The molecule has 0 spiro atoms. The zero-order chi connectivity index (χ0) is 14.6. The fraction of sp³-hybridized carbons (Fsp3) is 0.500. The van der Waals surface area contributed by atoms with Crippen LogP contribution >= 0.6 is 0 Å². The van der Waals surface area contributed by atoms with Gasteiger partial charge in [0.1, 0.15) is 11.4 Å². The third-order valence-electron chi connectivity index (χ3n) is 4.08. The molecule has 2 aliphatic heterocycles. The Morgan fingerprint density at radius 3 is 2.95 bits per heavy atom. The average molecular weight is 285 g/mol. The smallest absolute Gasteiger partial charge is 0.256 e. The molecule has 2 heterocycles. The second kappa shape index (κ2) is 4.23. The maximum atomic E-state index is 12.2. The second-order valence-corrected chi connectivity index (χ2v) is 6.66. The number of rotatable bonds is 2. The van der Waals surface area contributed by atoms with Crippen LogP contribution in [0, 0.1) is 0 Å². The van der Waals surface area contributed by atoms with Gasteiger partial charge in [-0.1, -0.05) is 18.2 Å². The number of hydrogen-bond acceptors (Lipinski definition) is 4. The number of guanidine groups is 1. The molecule has 1 fully saturated rings. The maximum absolute atomic E-state index is 12.2. The Morgan fingerprint density at radius 1 is 1.38 bits per heavy atom. The summed E-state index contributed by atoms with van der Waals surface area (Å²) in [5, 5.41) is 6.07. The summed E-state index contributed by atoms with van der Waals surface area (Å²) in [5.41, 5.74) is 1.80. The highest BCUT2D eigenvalue weighted by Crippen LogP contribution is 2.41. The molecule has 1 unspecified atom stereocenters. The molecule has 110 valence electrons. The van der Waals surface area contributed by atoms with E-state index in [2.05, 4.69) is 35.5 Å². The number of carbonyl (C=O) groups is 1. The Morgan fingerprint density at radius 2 is 2.19 bits per heavy atom. The molecule has 1 aliphatic carbocycles. The Balaban J connectivity index is 1.66. The van der Waals surface area contributed by atoms with E-state index in [9.17, 15) is 4.79 Å². The van der Waals surface area contributed by atoms with Crippen LogP contribution < -0.4 is 15.4 Å². The highest BCUT2D eigenvalue weighted by molar-refractivity contribution is 6.05. The number of amides is 1. The lowest BCUT2D eigenvalue weighted by molar-refractivity contribution is -0.120. The van der Waals surface area contributed by atoms with Gasteiger partial charge >= 0.3 is 0 Å². The number of aliphatic imine (C=N–C) groups is 1. The lowest BCUT2D eigenvalue weighted by atomic mass is 9.98.